The lowest BCUT2D eigenvalue weighted by molar-refractivity contribution is -0.191. The molecule has 1 aliphatic heterocycles. The lowest BCUT2D eigenvalue weighted by Crippen LogP contribution is -2.29. The fourth-order valence-corrected chi connectivity index (χ4v) is 2.25. The van der Waals surface area contributed by atoms with Crippen LogP contribution in [-0.4, -0.2) is 11.2 Å². The van der Waals surface area contributed by atoms with Gasteiger partial charge in [0.1, 0.15) is 5.60 Å². The van der Waals surface area contributed by atoms with Gasteiger partial charge in [0.05, 0.1) is 12.5 Å². The minimum Gasteiger partial charge on any atom is -0.363 e. The van der Waals surface area contributed by atoms with E-state index in [0.29, 0.717) is 5.56 Å². The number of ether oxygens (including phenoxy) is 1. The van der Waals surface area contributed by atoms with Gasteiger partial charge in [-0.05, 0) is 25.5 Å². The van der Waals surface area contributed by atoms with E-state index in [1.165, 1.54) is 13.1 Å². The summed E-state index contributed by atoms with van der Waals surface area (Å²) < 4.78 is 42.9. The van der Waals surface area contributed by atoms with Crippen molar-refractivity contribution in [2.24, 2.45) is 0 Å². The fourth-order valence-electron chi connectivity index (χ4n) is 2.25. The van der Waals surface area contributed by atoms with Crippen molar-refractivity contribution in [2.75, 3.05) is 0 Å². The first-order valence-corrected chi connectivity index (χ1v) is 5.01. The van der Waals surface area contributed by atoms with E-state index < -0.39 is 18.2 Å². The number of pyridine rings is 1. The van der Waals surface area contributed by atoms with Gasteiger partial charge in [-0.1, -0.05) is 0 Å². The Kier molecular flexibility index (Phi) is 2.45. The van der Waals surface area contributed by atoms with E-state index in [9.17, 15) is 13.2 Å². The molecule has 0 spiro atoms. The van der Waals surface area contributed by atoms with Gasteiger partial charge in [-0.25, -0.2) is 0 Å². The van der Waals surface area contributed by atoms with Crippen LogP contribution in [0, 0.1) is 0 Å². The molecule has 2 heterocycles. The monoisotopic (exact) mass is 231 g/mol. The molecule has 0 radical (unpaired) electrons. The molecule has 0 bridgehead atoms. The maximum Gasteiger partial charge on any atom is 0.392 e. The van der Waals surface area contributed by atoms with E-state index in [-0.39, 0.29) is 6.10 Å². The number of hydrogen-bond donors (Lipinski definition) is 0. The van der Waals surface area contributed by atoms with Crippen LogP contribution in [0.15, 0.2) is 18.5 Å². The first kappa shape index (κ1) is 11.4. The van der Waals surface area contributed by atoms with Gasteiger partial charge >= 0.3 is 6.18 Å². The van der Waals surface area contributed by atoms with E-state index in [1.807, 2.05) is 0 Å². The highest BCUT2D eigenvalue weighted by Crippen LogP contribution is 2.47. The minimum atomic E-state index is -4.24. The predicted octanol–water partition coefficient (Wildman–Crippen LogP) is 3.34. The van der Waals surface area contributed by atoms with E-state index >= 15 is 0 Å². The van der Waals surface area contributed by atoms with Crippen LogP contribution >= 0.6 is 0 Å². The topological polar surface area (TPSA) is 22.1 Å². The highest BCUT2D eigenvalue weighted by atomic mass is 19.4. The van der Waals surface area contributed by atoms with Crippen LogP contribution in [0.4, 0.5) is 13.2 Å². The van der Waals surface area contributed by atoms with Crippen molar-refractivity contribution in [3.8, 4) is 0 Å². The number of hydrogen-bond acceptors (Lipinski definition) is 2. The summed E-state index contributed by atoms with van der Waals surface area (Å²) >= 11 is 0. The number of alkyl halides is 3. The van der Waals surface area contributed by atoms with Crippen molar-refractivity contribution in [3.05, 3.63) is 29.6 Å². The van der Waals surface area contributed by atoms with Crippen LogP contribution in [-0.2, 0) is 10.3 Å². The van der Waals surface area contributed by atoms with Crippen LogP contribution in [0.25, 0.3) is 0 Å². The van der Waals surface area contributed by atoms with Crippen molar-refractivity contribution in [3.63, 3.8) is 0 Å². The van der Waals surface area contributed by atoms with E-state index in [1.54, 1.807) is 19.2 Å². The summed E-state index contributed by atoms with van der Waals surface area (Å²) in [5.41, 5.74) is 0.0530. The Morgan fingerprint density at radius 2 is 2.19 bits per heavy atom. The van der Waals surface area contributed by atoms with Crippen molar-refractivity contribution in [1.29, 1.82) is 0 Å². The molecular formula is C11H12F3NO. The summed E-state index contributed by atoms with van der Waals surface area (Å²) in [7, 11) is 0. The summed E-state index contributed by atoms with van der Waals surface area (Å²) in [6.07, 6.45) is -2.48. The van der Waals surface area contributed by atoms with Crippen molar-refractivity contribution >= 4 is 0 Å². The lowest BCUT2D eigenvalue weighted by Gasteiger charge is -2.26. The van der Waals surface area contributed by atoms with Gasteiger partial charge in [0.25, 0.3) is 0 Å². The zero-order valence-corrected chi connectivity index (χ0v) is 9.01. The predicted molar refractivity (Wildman–Crippen MR) is 51.8 cm³/mol. The fraction of sp³-hybridized carbons (Fsp3) is 0.545. The number of fused-ring (bicyclic) bond motifs is 1. The van der Waals surface area contributed by atoms with Gasteiger partial charge < -0.3 is 4.74 Å². The Balaban J connectivity index is 2.39. The van der Waals surface area contributed by atoms with Crippen LogP contribution in [0.2, 0.25) is 0 Å². The third kappa shape index (κ3) is 1.91. The Labute approximate surface area is 91.4 Å². The molecule has 0 aromatic carbocycles. The molecule has 0 fully saturated rings. The van der Waals surface area contributed by atoms with Crippen molar-refractivity contribution in [1.82, 2.24) is 4.98 Å². The Hall–Kier alpha value is -1.10. The van der Waals surface area contributed by atoms with Gasteiger partial charge in [-0.2, -0.15) is 13.2 Å². The molecule has 0 aliphatic carbocycles. The summed E-state index contributed by atoms with van der Waals surface area (Å²) in [5.74, 6) is 0. The molecule has 88 valence electrons. The summed E-state index contributed by atoms with van der Waals surface area (Å²) in [4.78, 5) is 3.91. The second-order valence-corrected chi connectivity index (χ2v) is 4.25. The van der Waals surface area contributed by atoms with Gasteiger partial charge in [0, 0.05) is 18.0 Å². The molecule has 2 rings (SSSR count). The molecule has 0 saturated heterocycles. The third-order valence-electron chi connectivity index (χ3n) is 2.83. The summed E-state index contributed by atoms with van der Waals surface area (Å²) in [6, 6.07) is 1.60. The Morgan fingerprint density at radius 1 is 1.50 bits per heavy atom. The third-order valence-corrected chi connectivity index (χ3v) is 2.83. The molecule has 2 atom stereocenters. The quantitative estimate of drug-likeness (QED) is 0.739. The minimum absolute atomic E-state index is 0.337. The van der Waals surface area contributed by atoms with Crippen molar-refractivity contribution in [2.45, 2.75) is 38.1 Å². The molecule has 2 nitrogen and oxygen atoms in total. The van der Waals surface area contributed by atoms with Gasteiger partial charge in [0.15, 0.2) is 0 Å². The van der Waals surface area contributed by atoms with Crippen LogP contribution < -0.4 is 0 Å². The largest absolute Gasteiger partial charge is 0.392 e. The van der Waals surface area contributed by atoms with Crippen molar-refractivity contribution < 1.29 is 17.9 Å². The van der Waals surface area contributed by atoms with Crippen LogP contribution in [0.3, 0.4) is 0 Å². The maximum atomic E-state index is 12.5. The average molecular weight is 231 g/mol. The molecular weight excluding hydrogens is 219 g/mol. The molecule has 1 aromatic heterocycles. The highest BCUT2D eigenvalue weighted by molar-refractivity contribution is 5.34. The number of aromatic nitrogens is 1. The second-order valence-electron chi connectivity index (χ2n) is 4.25. The first-order valence-electron chi connectivity index (χ1n) is 5.01. The van der Waals surface area contributed by atoms with Gasteiger partial charge in [-0.3, -0.25) is 4.98 Å². The molecule has 0 saturated carbocycles. The van der Waals surface area contributed by atoms with Gasteiger partial charge in [0.2, 0.25) is 0 Å². The number of halogens is 3. The molecule has 2 unspecified atom stereocenters. The highest BCUT2D eigenvalue weighted by Gasteiger charge is 2.47. The zero-order valence-electron chi connectivity index (χ0n) is 9.01. The average Bonchev–Trinajstić information content (AvgIpc) is 2.37. The molecule has 5 heteroatoms. The standard InChI is InChI=1S/C11H12F3NO/c1-7-8-5-15-4-3-9(8)10(2,16-7)6-11(12,13)14/h3-5,7H,6H2,1-2H3. The lowest BCUT2D eigenvalue weighted by atomic mass is 9.91. The molecule has 0 amide bonds. The van der Waals surface area contributed by atoms with Crippen LogP contribution in [0.1, 0.15) is 37.5 Å². The SMILES string of the molecule is CC1OC(C)(CC(F)(F)F)c2ccncc21. The van der Waals surface area contributed by atoms with Crippen LogP contribution in [0.5, 0.6) is 0 Å². The number of nitrogens with zero attached hydrogens (tertiary/aromatic N) is 1. The summed E-state index contributed by atoms with van der Waals surface area (Å²) in [5, 5.41) is 0. The number of rotatable bonds is 1. The molecule has 16 heavy (non-hydrogen) atoms. The van der Waals surface area contributed by atoms with E-state index in [0.717, 1.165) is 5.56 Å². The zero-order chi connectivity index (χ0) is 12.0. The molecule has 1 aromatic rings. The normalized spacial score (nSPS) is 29.2. The second kappa shape index (κ2) is 3.45. The van der Waals surface area contributed by atoms with E-state index in [4.69, 9.17) is 4.74 Å². The maximum absolute atomic E-state index is 12.5. The molecule has 1 aliphatic rings. The first-order chi connectivity index (χ1) is 7.32. The molecule has 0 N–H and O–H groups in total. The Morgan fingerprint density at radius 3 is 2.81 bits per heavy atom. The Bertz CT molecular complexity index is 404. The van der Waals surface area contributed by atoms with Gasteiger partial charge in [-0.15, -0.1) is 0 Å². The smallest absolute Gasteiger partial charge is 0.363 e. The summed E-state index contributed by atoms with van der Waals surface area (Å²) in [6.45, 7) is 3.21. The van der Waals surface area contributed by atoms with E-state index in [2.05, 4.69) is 4.98 Å².